The smallest absolute Gasteiger partial charge is 0.260 e. The van der Waals surface area contributed by atoms with Gasteiger partial charge in [-0.15, -0.1) is 0 Å². The summed E-state index contributed by atoms with van der Waals surface area (Å²) in [6, 6.07) is 14.5. The van der Waals surface area contributed by atoms with E-state index in [4.69, 9.17) is 22.1 Å². The number of hydrogen-bond donors (Lipinski definition) is 2. The lowest BCUT2D eigenvalue weighted by Gasteiger charge is -2.33. The number of rotatable bonds is 5. The summed E-state index contributed by atoms with van der Waals surface area (Å²) in [7, 11) is 0. The summed E-state index contributed by atoms with van der Waals surface area (Å²) in [4.78, 5) is 25.8. The topological polar surface area (TPSA) is 84.7 Å². The molecule has 0 saturated carbocycles. The van der Waals surface area contributed by atoms with Crippen molar-refractivity contribution in [3.05, 3.63) is 59.1 Å². The van der Waals surface area contributed by atoms with Crippen LogP contribution in [0, 0.1) is 0 Å². The van der Waals surface area contributed by atoms with Crippen molar-refractivity contribution < 1.29 is 14.3 Å². The average Bonchev–Trinajstić information content (AvgIpc) is 2.65. The van der Waals surface area contributed by atoms with E-state index in [-0.39, 0.29) is 25.0 Å². The normalized spacial score (nSPS) is 17.2. The van der Waals surface area contributed by atoms with Crippen molar-refractivity contribution in [1.82, 2.24) is 5.32 Å². The van der Waals surface area contributed by atoms with Crippen LogP contribution >= 0.6 is 11.6 Å². The summed E-state index contributed by atoms with van der Waals surface area (Å²) in [5.41, 5.74) is 7.03. The van der Waals surface area contributed by atoms with Crippen molar-refractivity contribution >= 4 is 29.1 Å². The Kier molecular flexibility index (Phi) is 5.44. The highest BCUT2D eigenvalue weighted by Crippen LogP contribution is 2.33. The maximum atomic E-state index is 12.8. The van der Waals surface area contributed by atoms with E-state index in [2.05, 4.69) is 5.32 Å². The van der Waals surface area contributed by atoms with Crippen LogP contribution in [0.25, 0.3) is 0 Å². The number of primary amides is 1. The van der Waals surface area contributed by atoms with Gasteiger partial charge < -0.3 is 20.7 Å². The van der Waals surface area contributed by atoms with E-state index < -0.39 is 12.0 Å². The molecule has 3 rings (SSSR count). The van der Waals surface area contributed by atoms with Crippen molar-refractivity contribution in [2.75, 3.05) is 18.0 Å². The number of anilines is 1. The molecule has 1 aliphatic rings. The van der Waals surface area contributed by atoms with Gasteiger partial charge in [-0.25, -0.2) is 0 Å². The quantitative estimate of drug-likeness (QED) is 0.842. The lowest BCUT2D eigenvalue weighted by molar-refractivity contribution is -0.125. The number of amides is 2. The van der Waals surface area contributed by atoms with Gasteiger partial charge in [0.05, 0.1) is 18.8 Å². The highest BCUT2D eigenvalue weighted by molar-refractivity contribution is 6.30. The first-order chi connectivity index (χ1) is 12.5. The van der Waals surface area contributed by atoms with Crippen LogP contribution in [0.15, 0.2) is 48.5 Å². The lowest BCUT2D eigenvalue weighted by Crippen LogP contribution is -2.51. The van der Waals surface area contributed by atoms with Crippen molar-refractivity contribution in [3.8, 4) is 5.75 Å². The molecular formula is C19H20ClN3O3. The second-order valence-electron chi connectivity index (χ2n) is 6.14. The lowest BCUT2D eigenvalue weighted by atomic mass is 10.1. The maximum Gasteiger partial charge on any atom is 0.260 e. The maximum absolute atomic E-state index is 12.8. The predicted octanol–water partition coefficient (Wildman–Crippen LogP) is 2.27. The molecular weight excluding hydrogens is 354 g/mol. The van der Waals surface area contributed by atoms with Gasteiger partial charge in [0.25, 0.3) is 5.91 Å². The molecule has 0 unspecified atom stereocenters. The zero-order chi connectivity index (χ0) is 18.7. The zero-order valence-corrected chi connectivity index (χ0v) is 15.1. The Morgan fingerprint density at radius 2 is 1.96 bits per heavy atom. The molecule has 136 valence electrons. The van der Waals surface area contributed by atoms with Gasteiger partial charge in [-0.05, 0) is 36.8 Å². The van der Waals surface area contributed by atoms with E-state index in [0.29, 0.717) is 16.5 Å². The van der Waals surface area contributed by atoms with E-state index in [1.54, 1.807) is 18.2 Å². The fourth-order valence-corrected chi connectivity index (χ4v) is 2.95. The Balaban J connectivity index is 1.70. The molecule has 26 heavy (non-hydrogen) atoms. The summed E-state index contributed by atoms with van der Waals surface area (Å²) >= 11 is 5.90. The average molecular weight is 374 g/mol. The van der Waals surface area contributed by atoms with Gasteiger partial charge in [-0.2, -0.15) is 0 Å². The molecule has 0 saturated heterocycles. The molecule has 6 nitrogen and oxygen atoms in total. The van der Waals surface area contributed by atoms with Crippen molar-refractivity contribution in [2.24, 2.45) is 5.73 Å². The Labute approximate surface area is 156 Å². The fourth-order valence-electron chi connectivity index (χ4n) is 2.82. The van der Waals surface area contributed by atoms with Crippen molar-refractivity contribution in [2.45, 2.75) is 19.1 Å². The van der Waals surface area contributed by atoms with Gasteiger partial charge in [0.1, 0.15) is 5.75 Å². The number of benzene rings is 2. The Morgan fingerprint density at radius 3 is 2.65 bits per heavy atom. The number of ether oxygens (including phenoxy) is 1. The number of fused-ring (bicyclic) bond motifs is 1. The van der Waals surface area contributed by atoms with Crippen LogP contribution in [0.4, 0.5) is 5.69 Å². The Bertz CT molecular complexity index is 810. The predicted molar refractivity (Wildman–Crippen MR) is 100 cm³/mol. The van der Waals surface area contributed by atoms with Crippen LogP contribution in [0.3, 0.4) is 0 Å². The second kappa shape index (κ2) is 7.76. The van der Waals surface area contributed by atoms with Crippen LogP contribution in [0.2, 0.25) is 5.02 Å². The van der Waals surface area contributed by atoms with Crippen LogP contribution in [-0.2, 0) is 9.59 Å². The molecule has 0 aliphatic carbocycles. The van der Waals surface area contributed by atoms with Crippen molar-refractivity contribution in [1.29, 1.82) is 0 Å². The van der Waals surface area contributed by atoms with E-state index in [0.717, 1.165) is 5.56 Å². The third-order valence-corrected chi connectivity index (χ3v) is 4.57. The standard InChI is InChI=1S/C19H20ClN3O3/c1-12(13-6-8-14(20)9-7-13)22-10-18(24)23-11-17(19(21)25)26-16-5-3-2-4-15(16)23/h2-9,12,17,22H,10-11H2,1H3,(H2,21,25)/t12-,17-/m1/s1. The minimum absolute atomic E-state index is 0.0283. The van der Waals surface area contributed by atoms with Crippen LogP contribution < -0.4 is 20.7 Å². The molecule has 2 aromatic rings. The molecule has 0 bridgehead atoms. The summed E-state index contributed by atoms with van der Waals surface area (Å²) in [6.45, 7) is 2.18. The molecule has 1 heterocycles. The molecule has 2 amide bonds. The van der Waals surface area contributed by atoms with Gasteiger partial charge >= 0.3 is 0 Å². The molecule has 1 aliphatic heterocycles. The molecule has 0 aromatic heterocycles. The first-order valence-electron chi connectivity index (χ1n) is 8.30. The number of halogens is 1. The summed E-state index contributed by atoms with van der Waals surface area (Å²) in [6.07, 6.45) is -0.859. The highest BCUT2D eigenvalue weighted by Gasteiger charge is 2.32. The molecule has 0 radical (unpaired) electrons. The highest BCUT2D eigenvalue weighted by atomic mass is 35.5. The first kappa shape index (κ1) is 18.2. The summed E-state index contributed by atoms with van der Waals surface area (Å²) in [5, 5.41) is 3.87. The molecule has 0 spiro atoms. The number of nitrogens with one attached hydrogen (secondary N) is 1. The zero-order valence-electron chi connectivity index (χ0n) is 14.3. The molecule has 0 fully saturated rings. The Morgan fingerprint density at radius 1 is 1.27 bits per heavy atom. The summed E-state index contributed by atoms with van der Waals surface area (Å²) < 4.78 is 5.58. The molecule has 2 atom stereocenters. The Hall–Kier alpha value is -2.57. The van der Waals surface area contributed by atoms with E-state index in [9.17, 15) is 9.59 Å². The molecule has 7 heteroatoms. The fraction of sp³-hybridized carbons (Fsp3) is 0.263. The number of para-hydroxylation sites is 2. The van der Waals surface area contributed by atoms with Crippen molar-refractivity contribution in [3.63, 3.8) is 0 Å². The molecule has 2 aromatic carbocycles. The monoisotopic (exact) mass is 373 g/mol. The largest absolute Gasteiger partial charge is 0.477 e. The van der Waals surface area contributed by atoms with E-state index in [1.807, 2.05) is 37.3 Å². The minimum Gasteiger partial charge on any atom is -0.477 e. The second-order valence-corrected chi connectivity index (χ2v) is 6.57. The first-order valence-corrected chi connectivity index (χ1v) is 8.67. The van der Waals surface area contributed by atoms with Gasteiger partial charge in [0, 0.05) is 11.1 Å². The van der Waals surface area contributed by atoms with E-state index in [1.165, 1.54) is 4.90 Å². The minimum atomic E-state index is -0.859. The number of nitrogens with zero attached hydrogens (tertiary/aromatic N) is 1. The van der Waals surface area contributed by atoms with Crippen LogP contribution in [0.5, 0.6) is 5.75 Å². The number of nitrogens with two attached hydrogens (primary N) is 1. The third kappa shape index (κ3) is 3.98. The summed E-state index contributed by atoms with van der Waals surface area (Å²) in [5.74, 6) is -0.283. The molecule has 3 N–H and O–H groups in total. The number of hydrogen-bond acceptors (Lipinski definition) is 4. The van der Waals surface area contributed by atoms with Crippen LogP contribution in [-0.4, -0.2) is 31.0 Å². The number of carbonyl (C=O) groups is 2. The number of carbonyl (C=O) groups excluding carboxylic acids is 2. The third-order valence-electron chi connectivity index (χ3n) is 4.32. The van der Waals surface area contributed by atoms with Crippen LogP contribution in [0.1, 0.15) is 18.5 Å². The van der Waals surface area contributed by atoms with Gasteiger partial charge in [-0.3, -0.25) is 9.59 Å². The van der Waals surface area contributed by atoms with Gasteiger partial charge in [-0.1, -0.05) is 35.9 Å². The van der Waals surface area contributed by atoms with Gasteiger partial charge in [0.15, 0.2) is 6.10 Å². The van der Waals surface area contributed by atoms with E-state index >= 15 is 0 Å². The SMILES string of the molecule is C[C@@H](NCC(=O)N1C[C@H](C(N)=O)Oc2ccccc21)c1ccc(Cl)cc1. The van der Waals surface area contributed by atoms with Gasteiger partial charge in [0.2, 0.25) is 5.91 Å².